The summed E-state index contributed by atoms with van der Waals surface area (Å²) in [7, 11) is 0. The third kappa shape index (κ3) is 1.55. The molecule has 0 spiro atoms. The van der Waals surface area contributed by atoms with Crippen molar-refractivity contribution in [1.29, 1.82) is 0 Å². The van der Waals surface area contributed by atoms with E-state index < -0.39 is 11.8 Å². The third-order valence-corrected chi connectivity index (χ3v) is 0.582. The van der Waals surface area contributed by atoms with Gasteiger partial charge in [-0.3, -0.25) is 4.79 Å². The molecule has 0 aromatic rings. The zero-order chi connectivity index (χ0) is 6.73. The van der Waals surface area contributed by atoms with Crippen molar-refractivity contribution in [2.24, 2.45) is 0 Å². The van der Waals surface area contributed by atoms with Gasteiger partial charge in [-0.15, -0.1) is 0 Å². The molecule has 1 N–H and O–H groups in total. The lowest BCUT2D eigenvalue weighted by Crippen LogP contribution is -2.12. The van der Waals surface area contributed by atoms with E-state index in [-0.39, 0.29) is 5.57 Å². The first-order valence-electron chi connectivity index (χ1n) is 1.99. The third-order valence-electron chi connectivity index (χ3n) is 0.582. The Labute approximate surface area is 46.6 Å². The Kier molecular flexibility index (Phi) is 1.94. The molecule has 0 heterocycles. The number of Topliss-reactive ketones (excluding diaryl/α,β-unsaturated/α-hetero) is 1. The number of hydrogen-bond acceptors (Lipinski definition) is 2. The van der Waals surface area contributed by atoms with Gasteiger partial charge in [0, 0.05) is 0 Å². The van der Waals surface area contributed by atoms with Crippen LogP contribution in [0.25, 0.3) is 0 Å². The van der Waals surface area contributed by atoms with Gasteiger partial charge in [-0.2, -0.15) is 0 Å². The van der Waals surface area contributed by atoms with Gasteiger partial charge in [-0.1, -0.05) is 6.58 Å². The molecule has 3 heteroatoms. The Morgan fingerprint density at radius 1 is 1.50 bits per heavy atom. The van der Waals surface area contributed by atoms with Gasteiger partial charge >= 0.3 is 5.97 Å². The van der Waals surface area contributed by atoms with Crippen LogP contribution in [0, 0.1) is 0 Å². The summed E-state index contributed by atoms with van der Waals surface area (Å²) in [5, 5.41) is 7.94. The van der Waals surface area contributed by atoms with Crippen molar-refractivity contribution in [3.05, 3.63) is 12.2 Å². The first-order valence-corrected chi connectivity index (χ1v) is 1.99. The summed E-state index contributed by atoms with van der Waals surface area (Å²) in [5.41, 5.74) is 0.0532. The lowest BCUT2D eigenvalue weighted by atomic mass is 10.2. The number of carboxylic acid groups (broad SMARTS) is 1. The van der Waals surface area contributed by atoms with Gasteiger partial charge in [-0.05, 0) is 12.5 Å². The average Bonchev–Trinajstić information content (AvgIpc) is 1.64. The van der Waals surface area contributed by atoms with E-state index in [1.54, 1.807) is 0 Å². The zero-order valence-corrected chi connectivity index (χ0v) is 4.47. The van der Waals surface area contributed by atoms with Crippen molar-refractivity contribution in [2.75, 3.05) is 0 Å². The van der Waals surface area contributed by atoms with Crippen LogP contribution >= 0.6 is 0 Å². The van der Waals surface area contributed by atoms with E-state index >= 15 is 0 Å². The summed E-state index contributed by atoms with van der Waals surface area (Å²) in [5.74, 6) is -2.37. The van der Waals surface area contributed by atoms with Crippen molar-refractivity contribution >= 4 is 11.8 Å². The average molecular weight is 114 g/mol. The van der Waals surface area contributed by atoms with Gasteiger partial charge in [0.2, 0.25) is 0 Å². The topological polar surface area (TPSA) is 54.4 Å². The van der Waals surface area contributed by atoms with E-state index in [0.717, 1.165) is 0 Å². The minimum absolute atomic E-state index is 0.0532. The maximum absolute atomic E-state index is 10.1. The molecule has 0 aromatic carbocycles. The SMILES string of the molecule is C=C(C)C(=O)C(=O)O. The first-order chi connectivity index (χ1) is 3.55. The monoisotopic (exact) mass is 114 g/mol. The van der Waals surface area contributed by atoms with Crippen LogP contribution in [-0.2, 0) is 9.59 Å². The second-order valence-electron chi connectivity index (χ2n) is 1.41. The molecular formula is C5H6O3. The number of aliphatic carboxylic acids is 1. The Morgan fingerprint density at radius 2 is 1.88 bits per heavy atom. The quantitative estimate of drug-likeness (QED) is 0.412. The van der Waals surface area contributed by atoms with Gasteiger partial charge < -0.3 is 5.11 Å². The number of ketones is 1. The van der Waals surface area contributed by atoms with Crippen LogP contribution in [0.15, 0.2) is 12.2 Å². The van der Waals surface area contributed by atoms with Crippen molar-refractivity contribution in [2.45, 2.75) is 6.92 Å². The van der Waals surface area contributed by atoms with Crippen LogP contribution < -0.4 is 0 Å². The Morgan fingerprint density at radius 3 is 1.88 bits per heavy atom. The highest BCUT2D eigenvalue weighted by atomic mass is 16.4. The van der Waals surface area contributed by atoms with E-state index in [4.69, 9.17) is 5.11 Å². The molecule has 0 rings (SSSR count). The molecule has 44 valence electrons. The molecular weight excluding hydrogens is 108 g/mol. The van der Waals surface area contributed by atoms with Gasteiger partial charge in [0.1, 0.15) is 0 Å². The Hall–Kier alpha value is -1.12. The fourth-order valence-corrected chi connectivity index (χ4v) is 0.183. The van der Waals surface area contributed by atoms with Crippen molar-refractivity contribution in [3.63, 3.8) is 0 Å². The number of carbonyl (C=O) groups excluding carboxylic acids is 1. The van der Waals surface area contributed by atoms with Crippen LogP contribution in [-0.4, -0.2) is 16.9 Å². The standard InChI is InChI=1S/C5H6O3/c1-3(2)4(6)5(7)8/h1H2,2H3,(H,7,8). The van der Waals surface area contributed by atoms with Gasteiger partial charge in [0.25, 0.3) is 5.78 Å². The molecule has 8 heavy (non-hydrogen) atoms. The molecule has 0 unspecified atom stereocenters. The molecule has 0 fully saturated rings. The smallest absolute Gasteiger partial charge is 0.376 e. The summed E-state index contributed by atoms with van der Waals surface area (Å²) < 4.78 is 0. The minimum atomic E-state index is -1.45. The molecule has 0 radical (unpaired) electrons. The predicted octanol–water partition coefficient (Wildman–Crippen LogP) is 0.216. The molecule has 0 atom stereocenters. The van der Waals surface area contributed by atoms with E-state index in [0.29, 0.717) is 0 Å². The largest absolute Gasteiger partial charge is 0.475 e. The van der Waals surface area contributed by atoms with E-state index in [1.165, 1.54) is 6.92 Å². The van der Waals surface area contributed by atoms with E-state index in [9.17, 15) is 9.59 Å². The van der Waals surface area contributed by atoms with Crippen molar-refractivity contribution in [1.82, 2.24) is 0 Å². The number of rotatable bonds is 2. The molecule has 0 aliphatic carbocycles. The maximum Gasteiger partial charge on any atom is 0.376 e. The predicted molar refractivity (Wildman–Crippen MR) is 27.5 cm³/mol. The van der Waals surface area contributed by atoms with E-state index in [2.05, 4.69) is 6.58 Å². The summed E-state index contributed by atoms with van der Waals surface area (Å²) in [6.07, 6.45) is 0. The van der Waals surface area contributed by atoms with Crippen LogP contribution in [0.1, 0.15) is 6.92 Å². The molecule has 0 bridgehead atoms. The summed E-state index contributed by atoms with van der Waals surface area (Å²) >= 11 is 0. The summed E-state index contributed by atoms with van der Waals surface area (Å²) in [6.45, 7) is 4.50. The van der Waals surface area contributed by atoms with Crippen LogP contribution in [0.4, 0.5) is 0 Å². The molecule has 0 saturated heterocycles. The molecule has 0 amide bonds. The lowest BCUT2D eigenvalue weighted by molar-refractivity contribution is -0.147. The fourth-order valence-electron chi connectivity index (χ4n) is 0.183. The highest BCUT2D eigenvalue weighted by Crippen LogP contribution is 1.87. The first kappa shape index (κ1) is 6.88. The van der Waals surface area contributed by atoms with Gasteiger partial charge in [-0.25, -0.2) is 4.79 Å². The summed E-state index contributed by atoms with van der Waals surface area (Å²) in [4.78, 5) is 19.9. The van der Waals surface area contributed by atoms with Crippen LogP contribution in [0.2, 0.25) is 0 Å². The number of hydrogen-bond donors (Lipinski definition) is 1. The van der Waals surface area contributed by atoms with Gasteiger partial charge in [0.15, 0.2) is 0 Å². The molecule has 3 nitrogen and oxygen atoms in total. The lowest BCUT2D eigenvalue weighted by Gasteiger charge is -1.86. The van der Waals surface area contributed by atoms with Crippen molar-refractivity contribution < 1.29 is 14.7 Å². The second-order valence-corrected chi connectivity index (χ2v) is 1.41. The fraction of sp³-hybridized carbons (Fsp3) is 0.200. The Bertz CT molecular complexity index is 130. The molecule has 0 aliphatic heterocycles. The number of carboxylic acids is 1. The molecule has 0 saturated carbocycles. The zero-order valence-electron chi connectivity index (χ0n) is 4.47. The second kappa shape index (κ2) is 2.26. The van der Waals surface area contributed by atoms with E-state index in [1.807, 2.05) is 0 Å². The maximum atomic E-state index is 10.1. The minimum Gasteiger partial charge on any atom is -0.475 e. The molecule has 0 aromatic heterocycles. The van der Waals surface area contributed by atoms with Crippen molar-refractivity contribution in [3.8, 4) is 0 Å². The van der Waals surface area contributed by atoms with Crippen LogP contribution in [0.5, 0.6) is 0 Å². The number of carbonyl (C=O) groups is 2. The normalized spacial score (nSPS) is 8.12. The highest BCUT2D eigenvalue weighted by molar-refractivity contribution is 6.39. The van der Waals surface area contributed by atoms with Crippen LogP contribution in [0.3, 0.4) is 0 Å². The summed E-state index contributed by atoms with van der Waals surface area (Å²) in [6, 6.07) is 0. The Balaban J connectivity index is 4.05. The molecule has 0 aliphatic rings. The highest BCUT2D eigenvalue weighted by Gasteiger charge is 2.09. The van der Waals surface area contributed by atoms with Gasteiger partial charge in [0.05, 0.1) is 0 Å².